The molecule has 11 heteroatoms. The van der Waals surface area contributed by atoms with Crippen LogP contribution in [0, 0.1) is 5.82 Å². The van der Waals surface area contributed by atoms with Gasteiger partial charge in [-0.05, 0) is 60.7 Å². The molecule has 0 aliphatic heterocycles. The number of hydrogen-bond acceptors (Lipinski definition) is 3. The molecule has 0 bridgehead atoms. The van der Waals surface area contributed by atoms with Crippen LogP contribution in [-0.4, -0.2) is 14.3 Å². The van der Waals surface area contributed by atoms with Crippen LogP contribution in [-0.2, 0) is 16.2 Å². The van der Waals surface area contributed by atoms with E-state index in [1.807, 2.05) is 4.72 Å². The lowest BCUT2D eigenvalue weighted by atomic mass is 10.2. The van der Waals surface area contributed by atoms with Crippen LogP contribution in [0.15, 0.2) is 71.6 Å². The molecule has 31 heavy (non-hydrogen) atoms. The highest BCUT2D eigenvalue weighted by molar-refractivity contribution is 7.92. The Labute approximate surface area is 179 Å². The Hall–Kier alpha value is -3.11. The number of hydrogen-bond donors (Lipinski definition) is 2. The van der Waals surface area contributed by atoms with Gasteiger partial charge >= 0.3 is 6.18 Å². The summed E-state index contributed by atoms with van der Waals surface area (Å²) in [6.07, 6.45) is -4.66. The van der Waals surface area contributed by atoms with Gasteiger partial charge in [0.05, 0.1) is 16.1 Å². The van der Waals surface area contributed by atoms with Gasteiger partial charge < -0.3 is 5.32 Å². The van der Waals surface area contributed by atoms with Crippen molar-refractivity contribution in [1.29, 1.82) is 0 Å². The molecule has 0 saturated heterocycles. The van der Waals surface area contributed by atoms with Crippen molar-refractivity contribution >= 4 is 38.9 Å². The lowest BCUT2D eigenvalue weighted by Gasteiger charge is -2.12. The number of carbonyl (C=O) groups is 1. The maximum absolute atomic E-state index is 14.4. The van der Waals surface area contributed by atoms with Crippen molar-refractivity contribution in [3.05, 3.63) is 88.7 Å². The molecular weight excluding hydrogens is 460 g/mol. The largest absolute Gasteiger partial charge is 0.416 e. The summed E-state index contributed by atoms with van der Waals surface area (Å²) in [5.74, 6) is -1.69. The Morgan fingerprint density at radius 2 is 1.61 bits per heavy atom. The highest BCUT2D eigenvalue weighted by Gasteiger charge is 2.30. The second kappa shape index (κ2) is 8.56. The number of carbonyl (C=O) groups excluding carboxylic acids is 1. The molecule has 0 spiro atoms. The Morgan fingerprint density at radius 1 is 0.935 bits per heavy atom. The second-order valence-corrected chi connectivity index (χ2v) is 8.41. The molecule has 0 radical (unpaired) electrons. The third-order valence-electron chi connectivity index (χ3n) is 4.05. The van der Waals surface area contributed by atoms with Crippen molar-refractivity contribution in [3.8, 4) is 0 Å². The fraction of sp³-hybridized carbons (Fsp3) is 0.0500. The molecule has 3 aromatic carbocycles. The molecule has 2 N–H and O–H groups in total. The topological polar surface area (TPSA) is 75.3 Å². The third-order valence-corrected chi connectivity index (χ3v) is 5.68. The number of halogens is 5. The minimum Gasteiger partial charge on any atom is -0.319 e. The molecule has 0 heterocycles. The summed E-state index contributed by atoms with van der Waals surface area (Å²) in [6, 6.07) is 12.1. The fourth-order valence-corrected chi connectivity index (χ4v) is 3.72. The van der Waals surface area contributed by atoms with E-state index in [1.54, 1.807) is 0 Å². The highest BCUT2D eigenvalue weighted by Crippen LogP contribution is 2.31. The quantitative estimate of drug-likeness (QED) is 0.478. The molecule has 162 valence electrons. The highest BCUT2D eigenvalue weighted by atomic mass is 35.5. The first-order valence-corrected chi connectivity index (χ1v) is 10.4. The van der Waals surface area contributed by atoms with Crippen molar-refractivity contribution in [3.63, 3.8) is 0 Å². The molecule has 0 saturated carbocycles. The van der Waals surface area contributed by atoms with E-state index in [2.05, 4.69) is 5.32 Å². The van der Waals surface area contributed by atoms with Crippen molar-refractivity contribution in [2.24, 2.45) is 0 Å². The smallest absolute Gasteiger partial charge is 0.319 e. The van der Waals surface area contributed by atoms with Gasteiger partial charge in [0.1, 0.15) is 5.82 Å². The van der Waals surface area contributed by atoms with Gasteiger partial charge in [-0.3, -0.25) is 9.52 Å². The van der Waals surface area contributed by atoms with Gasteiger partial charge in [-0.15, -0.1) is 0 Å². The van der Waals surface area contributed by atoms with Crippen LogP contribution in [0.2, 0.25) is 5.02 Å². The first-order chi connectivity index (χ1) is 14.5. The van der Waals surface area contributed by atoms with E-state index in [9.17, 15) is 30.8 Å². The monoisotopic (exact) mass is 472 g/mol. The molecule has 1 amide bonds. The number of sulfonamides is 1. The standard InChI is InChI=1S/C20H13ClF4N2O3S/c21-14-6-4-12(5-7-14)19(28)26-18-9-8-16(11-17(18)22)31(29,30)27-15-3-1-2-13(10-15)20(23,24)25/h1-11,27H,(H,26,28). The van der Waals surface area contributed by atoms with Crippen LogP contribution >= 0.6 is 11.6 Å². The minimum absolute atomic E-state index is 0.201. The number of nitrogens with one attached hydrogen (secondary N) is 2. The molecule has 0 aliphatic rings. The molecule has 5 nitrogen and oxygen atoms in total. The summed E-state index contributed by atoms with van der Waals surface area (Å²) < 4.78 is 79.7. The van der Waals surface area contributed by atoms with Crippen LogP contribution < -0.4 is 10.0 Å². The zero-order valence-electron chi connectivity index (χ0n) is 15.4. The van der Waals surface area contributed by atoms with Gasteiger partial charge in [0.2, 0.25) is 0 Å². The normalized spacial score (nSPS) is 11.8. The molecule has 3 aromatic rings. The molecule has 0 aliphatic carbocycles. The van der Waals surface area contributed by atoms with Gasteiger partial charge in [0.15, 0.2) is 0 Å². The summed E-state index contributed by atoms with van der Waals surface area (Å²) in [5, 5.41) is 2.71. The summed E-state index contributed by atoms with van der Waals surface area (Å²) in [6.45, 7) is 0. The SMILES string of the molecule is O=C(Nc1ccc(S(=O)(=O)Nc2cccc(C(F)(F)F)c2)cc1F)c1ccc(Cl)cc1. The molecular formula is C20H13ClF4N2O3S. The van der Waals surface area contributed by atoms with E-state index in [1.165, 1.54) is 24.3 Å². The Balaban J connectivity index is 1.80. The maximum Gasteiger partial charge on any atom is 0.416 e. The van der Waals surface area contributed by atoms with Crippen LogP contribution in [0.4, 0.5) is 28.9 Å². The summed E-state index contributed by atoms with van der Waals surface area (Å²) in [5.41, 5.74) is -1.46. The average molecular weight is 473 g/mol. The van der Waals surface area contributed by atoms with Crippen LogP contribution in [0.3, 0.4) is 0 Å². The maximum atomic E-state index is 14.4. The van der Waals surface area contributed by atoms with Crippen molar-refractivity contribution in [1.82, 2.24) is 0 Å². The van der Waals surface area contributed by atoms with E-state index in [0.717, 1.165) is 30.3 Å². The third kappa shape index (κ3) is 5.53. The average Bonchev–Trinajstić information content (AvgIpc) is 2.69. The Bertz CT molecular complexity index is 1230. The van der Waals surface area contributed by atoms with E-state index in [4.69, 9.17) is 11.6 Å². The van der Waals surface area contributed by atoms with Gasteiger partial charge in [0, 0.05) is 16.3 Å². The number of amides is 1. The summed E-state index contributed by atoms with van der Waals surface area (Å²) in [7, 11) is -4.38. The van der Waals surface area contributed by atoms with Gasteiger partial charge in [-0.2, -0.15) is 13.2 Å². The number of rotatable bonds is 5. The number of benzene rings is 3. The predicted octanol–water partition coefficient (Wildman–Crippen LogP) is 5.55. The van der Waals surface area contributed by atoms with Crippen LogP contribution in [0.5, 0.6) is 0 Å². The van der Waals surface area contributed by atoms with Gasteiger partial charge in [-0.1, -0.05) is 17.7 Å². The van der Waals surface area contributed by atoms with Gasteiger partial charge in [0.25, 0.3) is 15.9 Å². The minimum atomic E-state index is -4.66. The van der Waals surface area contributed by atoms with Crippen LogP contribution in [0.25, 0.3) is 0 Å². The van der Waals surface area contributed by atoms with E-state index < -0.39 is 38.4 Å². The molecule has 0 atom stereocenters. The summed E-state index contributed by atoms with van der Waals surface area (Å²) in [4.78, 5) is 11.6. The molecule has 0 aromatic heterocycles. The Kier molecular flexibility index (Phi) is 6.23. The Morgan fingerprint density at radius 3 is 2.23 bits per heavy atom. The van der Waals surface area contributed by atoms with Crippen molar-refractivity contribution < 1.29 is 30.8 Å². The number of anilines is 2. The second-order valence-electron chi connectivity index (χ2n) is 6.29. The molecule has 3 rings (SSSR count). The lowest BCUT2D eigenvalue weighted by molar-refractivity contribution is -0.137. The van der Waals surface area contributed by atoms with Gasteiger partial charge in [-0.25, -0.2) is 12.8 Å². The number of alkyl halides is 3. The van der Waals surface area contributed by atoms with Crippen LogP contribution in [0.1, 0.15) is 15.9 Å². The zero-order valence-corrected chi connectivity index (χ0v) is 16.9. The first-order valence-electron chi connectivity index (χ1n) is 8.52. The van der Waals surface area contributed by atoms with E-state index >= 15 is 0 Å². The van der Waals surface area contributed by atoms with Crippen molar-refractivity contribution in [2.75, 3.05) is 10.0 Å². The van der Waals surface area contributed by atoms with E-state index in [-0.39, 0.29) is 16.9 Å². The first kappa shape index (κ1) is 22.6. The zero-order chi connectivity index (χ0) is 22.8. The predicted molar refractivity (Wildman–Crippen MR) is 108 cm³/mol. The van der Waals surface area contributed by atoms with E-state index in [0.29, 0.717) is 17.2 Å². The molecule has 0 fully saturated rings. The molecule has 0 unspecified atom stereocenters. The fourth-order valence-electron chi connectivity index (χ4n) is 2.53. The summed E-state index contributed by atoms with van der Waals surface area (Å²) >= 11 is 5.74. The van der Waals surface area contributed by atoms with Crippen molar-refractivity contribution in [2.45, 2.75) is 11.1 Å². The lowest BCUT2D eigenvalue weighted by Crippen LogP contribution is -2.16.